The largest absolute Gasteiger partial charge is 0.481 e. The minimum absolute atomic E-state index is 0.0103. The predicted molar refractivity (Wildman–Crippen MR) is 80.0 cm³/mol. The molecular weight excluding hydrogens is 268 g/mol. The molecule has 1 aromatic rings. The van der Waals surface area contributed by atoms with E-state index >= 15 is 0 Å². The third-order valence-corrected chi connectivity index (χ3v) is 3.84. The molecule has 1 aliphatic rings. The molecule has 0 bridgehead atoms. The highest BCUT2D eigenvalue weighted by atomic mass is 16.4. The molecule has 0 saturated heterocycles. The fourth-order valence-electron chi connectivity index (χ4n) is 2.49. The lowest BCUT2D eigenvalue weighted by Gasteiger charge is -2.17. The number of hydrogen-bond donors (Lipinski definition) is 3. The lowest BCUT2D eigenvalue weighted by molar-refractivity contribution is -0.137. The van der Waals surface area contributed by atoms with Gasteiger partial charge in [0.25, 0.3) is 0 Å². The second kappa shape index (κ2) is 7.11. The van der Waals surface area contributed by atoms with Gasteiger partial charge in [-0.3, -0.25) is 4.79 Å². The SMILES string of the molecule is CCc1ccccc1CNC(=O)NC(CC(=O)O)C1CC1. The van der Waals surface area contributed by atoms with Crippen molar-refractivity contribution in [1.29, 1.82) is 0 Å². The van der Waals surface area contributed by atoms with Gasteiger partial charge in [-0.25, -0.2) is 4.79 Å². The molecule has 1 aromatic carbocycles. The van der Waals surface area contributed by atoms with Crippen molar-refractivity contribution in [3.8, 4) is 0 Å². The van der Waals surface area contributed by atoms with Crippen LogP contribution in [0.1, 0.15) is 37.3 Å². The Hall–Kier alpha value is -2.04. The number of amides is 2. The number of aliphatic carboxylic acids is 1. The van der Waals surface area contributed by atoms with Crippen LogP contribution in [-0.4, -0.2) is 23.1 Å². The summed E-state index contributed by atoms with van der Waals surface area (Å²) in [5.74, 6) is -0.557. The highest BCUT2D eigenvalue weighted by Gasteiger charge is 2.33. The Morgan fingerprint density at radius 1 is 1.29 bits per heavy atom. The number of nitrogens with one attached hydrogen (secondary N) is 2. The van der Waals surface area contributed by atoms with E-state index in [9.17, 15) is 9.59 Å². The number of carbonyl (C=O) groups excluding carboxylic acids is 1. The highest BCUT2D eigenvalue weighted by Crippen LogP contribution is 2.33. The van der Waals surface area contributed by atoms with Crippen LogP contribution in [0.4, 0.5) is 4.79 Å². The van der Waals surface area contributed by atoms with Crippen molar-refractivity contribution in [1.82, 2.24) is 10.6 Å². The van der Waals surface area contributed by atoms with Gasteiger partial charge in [0, 0.05) is 12.6 Å². The number of aryl methyl sites for hydroxylation is 1. The highest BCUT2D eigenvalue weighted by molar-refractivity contribution is 5.75. The predicted octanol–water partition coefficient (Wildman–Crippen LogP) is 2.30. The molecule has 5 nitrogen and oxygen atoms in total. The standard InChI is InChI=1S/C16H22N2O3/c1-2-11-5-3-4-6-13(11)10-17-16(21)18-14(9-15(19)20)12-7-8-12/h3-6,12,14H,2,7-10H2,1H3,(H,19,20)(H2,17,18,21). The van der Waals surface area contributed by atoms with Crippen LogP contribution >= 0.6 is 0 Å². The average molecular weight is 290 g/mol. The number of hydrogen-bond acceptors (Lipinski definition) is 2. The van der Waals surface area contributed by atoms with Gasteiger partial charge in [0.2, 0.25) is 0 Å². The molecule has 1 fully saturated rings. The Bertz CT molecular complexity index is 512. The number of carboxylic acids is 1. The molecule has 1 aliphatic carbocycles. The molecule has 114 valence electrons. The normalized spacial score (nSPS) is 15.3. The first-order valence-electron chi connectivity index (χ1n) is 7.43. The van der Waals surface area contributed by atoms with Gasteiger partial charge in [-0.05, 0) is 36.3 Å². The van der Waals surface area contributed by atoms with Crippen LogP contribution < -0.4 is 10.6 Å². The first kappa shape index (κ1) is 15.4. The van der Waals surface area contributed by atoms with Gasteiger partial charge in [-0.15, -0.1) is 0 Å². The molecule has 0 aliphatic heterocycles. The Kier molecular flexibility index (Phi) is 5.20. The van der Waals surface area contributed by atoms with E-state index in [1.807, 2.05) is 24.3 Å². The van der Waals surface area contributed by atoms with E-state index in [1.165, 1.54) is 5.56 Å². The summed E-state index contributed by atoms with van der Waals surface area (Å²) in [6, 6.07) is 7.42. The molecule has 0 heterocycles. The van der Waals surface area contributed by atoms with E-state index in [-0.39, 0.29) is 18.5 Å². The lowest BCUT2D eigenvalue weighted by atomic mass is 10.1. The number of carboxylic acid groups (broad SMARTS) is 1. The van der Waals surface area contributed by atoms with E-state index < -0.39 is 5.97 Å². The third kappa shape index (κ3) is 4.77. The maximum Gasteiger partial charge on any atom is 0.315 e. The molecule has 0 radical (unpaired) electrons. The third-order valence-electron chi connectivity index (χ3n) is 3.84. The Morgan fingerprint density at radius 3 is 2.52 bits per heavy atom. The molecule has 21 heavy (non-hydrogen) atoms. The van der Waals surface area contributed by atoms with Gasteiger partial charge < -0.3 is 15.7 Å². The monoisotopic (exact) mass is 290 g/mol. The van der Waals surface area contributed by atoms with Crippen molar-refractivity contribution in [2.24, 2.45) is 5.92 Å². The first-order valence-corrected chi connectivity index (χ1v) is 7.43. The summed E-state index contributed by atoms with van der Waals surface area (Å²) in [6.07, 6.45) is 2.90. The second-order valence-electron chi connectivity index (χ2n) is 5.49. The fraction of sp³-hybridized carbons (Fsp3) is 0.500. The fourth-order valence-corrected chi connectivity index (χ4v) is 2.49. The molecule has 2 rings (SSSR count). The van der Waals surface area contributed by atoms with Crippen LogP contribution in [0.3, 0.4) is 0 Å². The summed E-state index contributed by atoms with van der Waals surface area (Å²) in [5.41, 5.74) is 2.30. The van der Waals surface area contributed by atoms with Gasteiger partial charge >= 0.3 is 12.0 Å². The van der Waals surface area contributed by atoms with Gasteiger partial charge in [-0.2, -0.15) is 0 Å². The Labute approximate surface area is 124 Å². The first-order chi connectivity index (χ1) is 10.1. The van der Waals surface area contributed by atoms with E-state index in [1.54, 1.807) is 0 Å². The summed E-state index contributed by atoms with van der Waals surface area (Å²) < 4.78 is 0. The van der Waals surface area contributed by atoms with Crippen LogP contribution in [0.25, 0.3) is 0 Å². The maximum atomic E-state index is 11.9. The summed E-state index contributed by atoms with van der Waals surface area (Å²) in [7, 11) is 0. The van der Waals surface area contributed by atoms with Crippen molar-refractivity contribution in [3.05, 3.63) is 35.4 Å². The quantitative estimate of drug-likeness (QED) is 0.721. The number of carbonyl (C=O) groups is 2. The molecule has 1 atom stereocenters. The van der Waals surface area contributed by atoms with Crippen molar-refractivity contribution in [2.45, 2.75) is 45.2 Å². The molecule has 5 heteroatoms. The van der Waals surface area contributed by atoms with Gasteiger partial charge in [-0.1, -0.05) is 31.2 Å². The van der Waals surface area contributed by atoms with E-state index in [2.05, 4.69) is 17.6 Å². The number of rotatable bonds is 7. The van der Waals surface area contributed by atoms with Gasteiger partial charge in [0.05, 0.1) is 6.42 Å². The molecule has 1 unspecified atom stereocenters. The smallest absolute Gasteiger partial charge is 0.315 e. The maximum absolute atomic E-state index is 11.9. The molecule has 1 saturated carbocycles. The van der Waals surface area contributed by atoms with Gasteiger partial charge in [0.1, 0.15) is 0 Å². The number of benzene rings is 1. The zero-order valence-corrected chi connectivity index (χ0v) is 12.3. The van der Waals surface area contributed by atoms with Gasteiger partial charge in [0.15, 0.2) is 0 Å². The van der Waals surface area contributed by atoms with Crippen LogP contribution in [0, 0.1) is 5.92 Å². The zero-order chi connectivity index (χ0) is 15.2. The van der Waals surface area contributed by atoms with Crippen molar-refractivity contribution in [3.63, 3.8) is 0 Å². The van der Waals surface area contributed by atoms with Crippen LogP contribution in [0.2, 0.25) is 0 Å². The minimum Gasteiger partial charge on any atom is -0.481 e. The summed E-state index contributed by atoms with van der Waals surface area (Å²) in [5, 5.41) is 14.5. The molecular formula is C16H22N2O3. The van der Waals surface area contributed by atoms with Crippen LogP contribution in [0.15, 0.2) is 24.3 Å². The van der Waals surface area contributed by atoms with Crippen molar-refractivity contribution < 1.29 is 14.7 Å². The average Bonchev–Trinajstić information content (AvgIpc) is 3.29. The Balaban J connectivity index is 1.84. The summed E-state index contributed by atoms with van der Waals surface area (Å²) in [4.78, 5) is 22.7. The van der Waals surface area contributed by atoms with E-state index in [4.69, 9.17) is 5.11 Å². The summed E-state index contributed by atoms with van der Waals surface area (Å²) in [6.45, 7) is 2.54. The van der Waals surface area contributed by atoms with E-state index in [0.29, 0.717) is 12.5 Å². The van der Waals surface area contributed by atoms with Crippen LogP contribution in [0.5, 0.6) is 0 Å². The molecule has 0 spiro atoms. The van der Waals surface area contributed by atoms with Crippen molar-refractivity contribution in [2.75, 3.05) is 0 Å². The molecule has 3 N–H and O–H groups in total. The summed E-state index contributed by atoms with van der Waals surface area (Å²) >= 11 is 0. The van der Waals surface area contributed by atoms with Crippen molar-refractivity contribution >= 4 is 12.0 Å². The topological polar surface area (TPSA) is 78.4 Å². The van der Waals surface area contributed by atoms with E-state index in [0.717, 1.165) is 24.8 Å². The lowest BCUT2D eigenvalue weighted by Crippen LogP contribution is -2.43. The molecule has 0 aromatic heterocycles. The Morgan fingerprint density at radius 2 is 1.95 bits per heavy atom. The minimum atomic E-state index is -0.872. The second-order valence-corrected chi connectivity index (χ2v) is 5.49. The zero-order valence-electron chi connectivity index (χ0n) is 12.3. The van der Waals surface area contributed by atoms with Crippen LogP contribution in [-0.2, 0) is 17.8 Å². The number of urea groups is 1. The molecule has 2 amide bonds.